The molecule has 0 rings (SSSR count). The molecule has 0 aromatic heterocycles. The molecule has 0 amide bonds. The monoisotopic (exact) mass is 597 g/mol. The Bertz CT molecular complexity index is 531. The van der Waals surface area contributed by atoms with E-state index < -0.39 is 0 Å². The third kappa shape index (κ3) is 29.4. The highest BCUT2D eigenvalue weighted by Crippen LogP contribution is 2.20. The number of nitrogens with zero attached hydrogens (tertiary/aromatic N) is 1. The van der Waals surface area contributed by atoms with Gasteiger partial charge in [-0.2, -0.15) is 0 Å². The normalized spacial score (nSPS) is 12.3. The summed E-state index contributed by atoms with van der Waals surface area (Å²) in [5.74, 6) is 0.218. The van der Waals surface area contributed by atoms with Crippen molar-refractivity contribution >= 4 is 5.97 Å². The minimum Gasteiger partial charge on any atom is -0.465 e. The molecule has 1 atom stereocenters. The van der Waals surface area contributed by atoms with E-state index in [9.17, 15) is 4.79 Å². The number of methoxy groups -OCH3 is 1. The van der Waals surface area contributed by atoms with Crippen LogP contribution >= 0.6 is 0 Å². The molecule has 0 aromatic rings. The lowest BCUT2D eigenvalue weighted by atomic mass is 9.94. The molecule has 5 nitrogen and oxygen atoms in total. The summed E-state index contributed by atoms with van der Waals surface area (Å²) in [7, 11) is 3.86. The molecule has 1 N–H and O–H groups in total. The highest BCUT2D eigenvalue weighted by atomic mass is 16.5. The lowest BCUT2D eigenvalue weighted by Crippen LogP contribution is -2.32. The predicted molar refractivity (Wildman–Crippen MR) is 183 cm³/mol. The van der Waals surface area contributed by atoms with Gasteiger partial charge in [0, 0.05) is 26.8 Å². The summed E-state index contributed by atoms with van der Waals surface area (Å²) < 4.78 is 10.9. The van der Waals surface area contributed by atoms with Crippen LogP contribution in [0.3, 0.4) is 0 Å². The lowest BCUT2D eigenvalue weighted by molar-refractivity contribution is -0.149. The van der Waals surface area contributed by atoms with Gasteiger partial charge >= 0.3 is 5.97 Å². The Hall–Kier alpha value is -0.650. The van der Waals surface area contributed by atoms with E-state index in [0.717, 1.165) is 32.4 Å². The van der Waals surface area contributed by atoms with E-state index in [1.807, 2.05) is 0 Å². The summed E-state index contributed by atoms with van der Waals surface area (Å²) in [6, 6.07) is 0. The Morgan fingerprint density at radius 2 is 1.00 bits per heavy atom. The smallest absolute Gasteiger partial charge is 0.308 e. The number of carbonyl (C=O) groups excluding carboxylic acids is 1. The van der Waals surface area contributed by atoms with Crippen LogP contribution in [0.4, 0.5) is 0 Å². The van der Waals surface area contributed by atoms with Crippen LogP contribution in [0.2, 0.25) is 0 Å². The second kappa shape index (κ2) is 34.8. The molecule has 0 aliphatic heterocycles. The Morgan fingerprint density at radius 3 is 1.50 bits per heavy atom. The van der Waals surface area contributed by atoms with Gasteiger partial charge in [-0.1, -0.05) is 136 Å². The number of unbranched alkanes of at least 4 members (excludes halogenated alkanes) is 19. The maximum absolute atomic E-state index is 12.8. The van der Waals surface area contributed by atoms with Crippen molar-refractivity contribution in [1.29, 1.82) is 0 Å². The minimum atomic E-state index is 0.0859. The lowest BCUT2D eigenvalue weighted by Gasteiger charge is -2.22. The average Bonchev–Trinajstić information content (AvgIpc) is 3.00. The topological polar surface area (TPSA) is 50.8 Å². The number of rotatable bonds is 35. The second-order valence-electron chi connectivity index (χ2n) is 12.8. The van der Waals surface area contributed by atoms with Gasteiger partial charge in [-0.05, 0) is 58.7 Å². The van der Waals surface area contributed by atoms with Crippen LogP contribution in [0.15, 0.2) is 0 Å². The van der Waals surface area contributed by atoms with Crippen molar-refractivity contribution in [3.63, 3.8) is 0 Å². The molecule has 0 spiro atoms. The summed E-state index contributed by atoms with van der Waals surface area (Å²) in [5.41, 5.74) is 0. The molecule has 0 heterocycles. The molecule has 1 unspecified atom stereocenters. The molecule has 0 aliphatic carbocycles. The fourth-order valence-electron chi connectivity index (χ4n) is 5.87. The van der Waals surface area contributed by atoms with Crippen LogP contribution in [0.25, 0.3) is 0 Å². The second-order valence-corrected chi connectivity index (χ2v) is 12.8. The average molecular weight is 597 g/mol. The number of likely N-dealkylation sites (N-methyl/N-ethyl adjacent to an activating group) is 1. The summed E-state index contributed by atoms with van der Waals surface area (Å²) in [5, 5.41) is 3.33. The van der Waals surface area contributed by atoms with Crippen LogP contribution in [-0.2, 0) is 14.3 Å². The third-order valence-electron chi connectivity index (χ3n) is 8.76. The van der Waals surface area contributed by atoms with Crippen LogP contribution in [0.5, 0.6) is 0 Å². The molecule has 5 heteroatoms. The van der Waals surface area contributed by atoms with Crippen molar-refractivity contribution in [2.45, 2.75) is 174 Å². The van der Waals surface area contributed by atoms with Gasteiger partial charge in [-0.3, -0.25) is 4.79 Å². The predicted octanol–water partition coefficient (Wildman–Crippen LogP) is 10.1. The zero-order valence-electron chi connectivity index (χ0n) is 29.2. The minimum absolute atomic E-state index is 0.0859. The third-order valence-corrected chi connectivity index (χ3v) is 8.76. The van der Waals surface area contributed by atoms with Gasteiger partial charge in [0.15, 0.2) is 0 Å². The summed E-state index contributed by atoms with van der Waals surface area (Å²) in [4.78, 5) is 15.4. The Kier molecular flexibility index (Phi) is 34.3. The molecule has 0 radical (unpaired) electrons. The first-order valence-corrected chi connectivity index (χ1v) is 18.7. The quantitative estimate of drug-likeness (QED) is 0.0583. The highest BCUT2D eigenvalue weighted by Gasteiger charge is 2.19. The number of hydrogen-bond donors (Lipinski definition) is 1. The highest BCUT2D eigenvalue weighted by molar-refractivity contribution is 5.72. The maximum atomic E-state index is 12.8. The Balaban J connectivity index is 3.89. The van der Waals surface area contributed by atoms with Crippen LogP contribution < -0.4 is 5.32 Å². The number of hydrogen-bond acceptors (Lipinski definition) is 5. The molecular formula is C37H76N2O3. The first kappa shape index (κ1) is 41.4. The molecule has 0 aliphatic rings. The number of esters is 1. The van der Waals surface area contributed by atoms with Crippen LogP contribution in [0, 0.1) is 5.92 Å². The molecule has 42 heavy (non-hydrogen) atoms. The van der Waals surface area contributed by atoms with Gasteiger partial charge in [0.2, 0.25) is 0 Å². The Morgan fingerprint density at radius 1 is 0.571 bits per heavy atom. The van der Waals surface area contributed by atoms with Crippen molar-refractivity contribution in [1.82, 2.24) is 10.2 Å². The van der Waals surface area contributed by atoms with Gasteiger partial charge in [-0.15, -0.1) is 0 Å². The van der Waals surface area contributed by atoms with E-state index in [4.69, 9.17) is 9.47 Å². The number of nitrogens with one attached hydrogen (secondary N) is 1. The molecule has 0 bridgehead atoms. The zero-order valence-corrected chi connectivity index (χ0v) is 29.2. The number of carbonyl (C=O) groups is 1. The van der Waals surface area contributed by atoms with Gasteiger partial charge in [-0.25, -0.2) is 0 Å². The molecule has 0 saturated heterocycles. The van der Waals surface area contributed by atoms with E-state index >= 15 is 0 Å². The van der Waals surface area contributed by atoms with Gasteiger partial charge < -0.3 is 19.7 Å². The summed E-state index contributed by atoms with van der Waals surface area (Å²) in [6.45, 7) is 10.8. The largest absolute Gasteiger partial charge is 0.465 e. The Labute approximate surface area is 264 Å². The van der Waals surface area contributed by atoms with Crippen molar-refractivity contribution in [2.75, 3.05) is 53.6 Å². The number of ether oxygens (including phenoxy) is 2. The van der Waals surface area contributed by atoms with E-state index in [-0.39, 0.29) is 11.9 Å². The van der Waals surface area contributed by atoms with Crippen molar-refractivity contribution in [3.8, 4) is 0 Å². The maximum Gasteiger partial charge on any atom is 0.308 e. The fraction of sp³-hybridized carbons (Fsp3) is 0.973. The summed E-state index contributed by atoms with van der Waals surface area (Å²) in [6.07, 6.45) is 31.5. The SMILES string of the molecule is CCCCCCCC(CCCCCC)C(=O)OCCCCCCCCCN(CCCCCCCCCOC)CCNC. The fourth-order valence-corrected chi connectivity index (χ4v) is 5.87. The van der Waals surface area contributed by atoms with Gasteiger partial charge in [0.1, 0.15) is 0 Å². The van der Waals surface area contributed by atoms with Crippen molar-refractivity contribution in [2.24, 2.45) is 5.92 Å². The van der Waals surface area contributed by atoms with Crippen molar-refractivity contribution < 1.29 is 14.3 Å². The molecular weight excluding hydrogens is 520 g/mol. The van der Waals surface area contributed by atoms with Crippen LogP contribution in [-0.4, -0.2) is 64.4 Å². The van der Waals surface area contributed by atoms with E-state index in [2.05, 4.69) is 31.1 Å². The molecule has 252 valence electrons. The molecule has 0 fully saturated rings. The standard InChI is InChI=1S/C37H76N2O3/c1-5-7-9-17-23-29-36(28-22-10-8-6-2)37(40)42-35-27-21-16-12-14-19-25-32-39(33-30-38-3)31-24-18-13-11-15-20-26-34-41-4/h36,38H,5-35H2,1-4H3. The van der Waals surface area contributed by atoms with E-state index in [0.29, 0.717) is 6.61 Å². The van der Waals surface area contributed by atoms with Gasteiger partial charge in [0.25, 0.3) is 0 Å². The zero-order chi connectivity index (χ0) is 30.8. The van der Waals surface area contributed by atoms with E-state index in [1.54, 1.807) is 7.11 Å². The first-order chi connectivity index (χ1) is 20.7. The van der Waals surface area contributed by atoms with E-state index in [1.165, 1.54) is 161 Å². The van der Waals surface area contributed by atoms with Gasteiger partial charge in [0.05, 0.1) is 12.5 Å². The molecule has 0 saturated carbocycles. The first-order valence-electron chi connectivity index (χ1n) is 18.7. The van der Waals surface area contributed by atoms with Crippen LogP contribution in [0.1, 0.15) is 174 Å². The van der Waals surface area contributed by atoms with Crippen molar-refractivity contribution in [3.05, 3.63) is 0 Å². The summed E-state index contributed by atoms with van der Waals surface area (Å²) >= 11 is 0. The molecule has 0 aromatic carbocycles.